The second-order valence-corrected chi connectivity index (χ2v) is 7.08. The van der Waals surface area contributed by atoms with Gasteiger partial charge in [0.1, 0.15) is 11.8 Å². The molecule has 2 N–H and O–H groups in total. The molecule has 0 aromatic heterocycles. The van der Waals surface area contributed by atoms with E-state index in [0.717, 1.165) is 12.8 Å². The molecule has 2 aliphatic heterocycles. The van der Waals surface area contributed by atoms with Gasteiger partial charge in [-0.1, -0.05) is 0 Å². The number of anilines is 1. The number of Topliss-reactive ketones (excluding diaryl/α,β-unsaturated/α-hetero) is 1. The summed E-state index contributed by atoms with van der Waals surface area (Å²) in [6, 6.07) is 4.51. The van der Waals surface area contributed by atoms with Crippen molar-refractivity contribution in [1.82, 2.24) is 10.6 Å². The first-order valence-electron chi connectivity index (χ1n) is 9.61. The Morgan fingerprint density at radius 1 is 1.29 bits per heavy atom. The summed E-state index contributed by atoms with van der Waals surface area (Å²) in [5.41, 5.74) is 1.05. The van der Waals surface area contributed by atoms with Crippen molar-refractivity contribution in [3.63, 3.8) is 0 Å². The van der Waals surface area contributed by atoms with Gasteiger partial charge in [0.2, 0.25) is 11.8 Å². The molecule has 1 fully saturated rings. The number of hydrogen-bond donors (Lipinski definition) is 2. The summed E-state index contributed by atoms with van der Waals surface area (Å²) >= 11 is 0. The van der Waals surface area contributed by atoms with Gasteiger partial charge in [-0.3, -0.25) is 19.2 Å². The van der Waals surface area contributed by atoms with Crippen molar-refractivity contribution in [3.05, 3.63) is 23.8 Å². The summed E-state index contributed by atoms with van der Waals surface area (Å²) in [5.74, 6) is -0.108. The standard InChI is InChI=1S/C20H25N3O5/c1-13(24)14-7-8-17-16(11-14)23(19(26)12-28-17)10-4-6-18(25)22-15-5-2-3-9-21-20(15)27/h7-8,11,15H,2-6,9-10,12H2,1H3,(H,21,27)(H,22,25)/t15-/m0/s1. The van der Waals surface area contributed by atoms with Crippen LogP contribution in [0.3, 0.4) is 0 Å². The maximum atomic E-state index is 12.3. The van der Waals surface area contributed by atoms with Gasteiger partial charge in [-0.05, 0) is 50.8 Å². The van der Waals surface area contributed by atoms with E-state index in [1.54, 1.807) is 23.1 Å². The maximum absolute atomic E-state index is 12.3. The highest BCUT2D eigenvalue weighted by Crippen LogP contribution is 2.33. The number of fused-ring (bicyclic) bond motifs is 1. The molecule has 8 nitrogen and oxygen atoms in total. The molecule has 0 aliphatic carbocycles. The van der Waals surface area contributed by atoms with Gasteiger partial charge in [0.15, 0.2) is 12.4 Å². The Morgan fingerprint density at radius 2 is 2.11 bits per heavy atom. The molecule has 28 heavy (non-hydrogen) atoms. The second-order valence-electron chi connectivity index (χ2n) is 7.08. The second kappa shape index (κ2) is 8.86. The molecule has 1 aromatic rings. The van der Waals surface area contributed by atoms with E-state index in [2.05, 4.69) is 10.6 Å². The lowest BCUT2D eigenvalue weighted by molar-refractivity contribution is -0.128. The van der Waals surface area contributed by atoms with Gasteiger partial charge >= 0.3 is 0 Å². The highest BCUT2D eigenvalue weighted by molar-refractivity contribution is 6.01. The Kier molecular flexibility index (Phi) is 6.28. The normalized spacial score (nSPS) is 19.2. The Labute approximate surface area is 163 Å². The summed E-state index contributed by atoms with van der Waals surface area (Å²) < 4.78 is 5.43. The Bertz CT molecular complexity index is 792. The molecular formula is C20H25N3O5. The monoisotopic (exact) mass is 387 g/mol. The van der Waals surface area contributed by atoms with Crippen LogP contribution in [0.1, 0.15) is 49.4 Å². The topological polar surface area (TPSA) is 105 Å². The predicted molar refractivity (Wildman–Crippen MR) is 102 cm³/mol. The highest BCUT2D eigenvalue weighted by Gasteiger charge is 2.27. The fourth-order valence-corrected chi connectivity index (χ4v) is 3.41. The smallest absolute Gasteiger partial charge is 0.265 e. The lowest BCUT2D eigenvalue weighted by Crippen LogP contribution is -2.45. The molecule has 0 bridgehead atoms. The molecule has 3 amide bonds. The Hall–Kier alpha value is -2.90. The van der Waals surface area contributed by atoms with E-state index < -0.39 is 6.04 Å². The molecule has 2 aliphatic rings. The maximum Gasteiger partial charge on any atom is 0.265 e. The lowest BCUT2D eigenvalue weighted by atomic mass is 10.1. The van der Waals surface area contributed by atoms with Gasteiger partial charge in [-0.15, -0.1) is 0 Å². The van der Waals surface area contributed by atoms with E-state index in [1.807, 2.05) is 0 Å². The fourth-order valence-electron chi connectivity index (χ4n) is 3.41. The molecule has 1 aromatic carbocycles. The van der Waals surface area contributed by atoms with Crippen LogP contribution in [-0.4, -0.2) is 49.2 Å². The van der Waals surface area contributed by atoms with Crippen molar-refractivity contribution in [2.24, 2.45) is 0 Å². The quantitative estimate of drug-likeness (QED) is 0.713. The van der Waals surface area contributed by atoms with Crippen LogP contribution in [0, 0.1) is 0 Å². The molecule has 1 atom stereocenters. The van der Waals surface area contributed by atoms with Gasteiger partial charge in [0.05, 0.1) is 5.69 Å². The predicted octanol–water partition coefficient (Wildman–Crippen LogP) is 1.18. The minimum atomic E-state index is -0.487. The first kappa shape index (κ1) is 19.9. The molecule has 0 spiro atoms. The number of amides is 3. The Morgan fingerprint density at radius 3 is 2.89 bits per heavy atom. The molecule has 0 saturated carbocycles. The molecule has 3 rings (SSSR count). The third-order valence-corrected chi connectivity index (χ3v) is 4.96. The number of carbonyl (C=O) groups is 4. The van der Waals surface area contributed by atoms with Crippen LogP contribution in [0.5, 0.6) is 5.75 Å². The Balaban J connectivity index is 1.58. The zero-order chi connectivity index (χ0) is 20.1. The average Bonchev–Trinajstić information content (AvgIpc) is 2.87. The molecule has 0 radical (unpaired) electrons. The summed E-state index contributed by atoms with van der Waals surface area (Å²) in [6.07, 6.45) is 3.09. The summed E-state index contributed by atoms with van der Waals surface area (Å²) in [6.45, 7) is 2.37. The van der Waals surface area contributed by atoms with Crippen LogP contribution in [0.2, 0.25) is 0 Å². The number of nitrogens with zero attached hydrogens (tertiary/aromatic N) is 1. The largest absolute Gasteiger partial charge is 0.482 e. The number of hydrogen-bond acceptors (Lipinski definition) is 5. The van der Waals surface area contributed by atoms with Gasteiger partial charge in [0, 0.05) is 25.1 Å². The van der Waals surface area contributed by atoms with E-state index in [-0.39, 0.29) is 36.5 Å². The van der Waals surface area contributed by atoms with Gasteiger partial charge in [-0.25, -0.2) is 0 Å². The summed E-state index contributed by atoms with van der Waals surface area (Å²) in [4.78, 5) is 49.6. The third kappa shape index (κ3) is 4.68. The number of nitrogens with one attached hydrogen (secondary N) is 2. The molecule has 2 heterocycles. The van der Waals surface area contributed by atoms with Gasteiger partial charge in [0.25, 0.3) is 5.91 Å². The van der Waals surface area contributed by atoms with Crippen LogP contribution < -0.4 is 20.3 Å². The van der Waals surface area contributed by atoms with E-state index in [4.69, 9.17) is 4.74 Å². The number of benzene rings is 1. The minimum absolute atomic E-state index is 0.0686. The lowest BCUT2D eigenvalue weighted by Gasteiger charge is -2.29. The van der Waals surface area contributed by atoms with Crippen LogP contribution >= 0.6 is 0 Å². The summed E-state index contributed by atoms with van der Waals surface area (Å²) in [7, 11) is 0. The number of carbonyl (C=O) groups excluding carboxylic acids is 4. The van der Waals surface area contributed by atoms with Crippen molar-refractivity contribution in [2.45, 2.75) is 45.1 Å². The van der Waals surface area contributed by atoms with Crippen LogP contribution in [0.4, 0.5) is 5.69 Å². The van der Waals surface area contributed by atoms with E-state index in [1.165, 1.54) is 6.92 Å². The van der Waals surface area contributed by atoms with Crippen LogP contribution in [0.25, 0.3) is 0 Å². The summed E-state index contributed by atoms with van der Waals surface area (Å²) in [5, 5.41) is 5.57. The third-order valence-electron chi connectivity index (χ3n) is 4.96. The van der Waals surface area contributed by atoms with Crippen molar-refractivity contribution in [3.8, 4) is 5.75 Å². The van der Waals surface area contributed by atoms with E-state index in [0.29, 0.717) is 42.9 Å². The molecule has 150 valence electrons. The zero-order valence-electron chi connectivity index (χ0n) is 16.0. The average molecular weight is 387 g/mol. The van der Waals surface area contributed by atoms with Gasteiger partial charge < -0.3 is 20.3 Å². The van der Waals surface area contributed by atoms with Crippen molar-refractivity contribution >= 4 is 29.2 Å². The first-order chi connectivity index (χ1) is 13.5. The van der Waals surface area contributed by atoms with E-state index >= 15 is 0 Å². The molecule has 8 heteroatoms. The molecule has 1 saturated heterocycles. The SMILES string of the molecule is CC(=O)c1ccc2c(c1)N(CCCC(=O)N[C@H]1CCCCNC1=O)C(=O)CO2. The highest BCUT2D eigenvalue weighted by atomic mass is 16.5. The number of ketones is 1. The fraction of sp³-hybridized carbons (Fsp3) is 0.500. The minimum Gasteiger partial charge on any atom is -0.482 e. The molecular weight excluding hydrogens is 362 g/mol. The van der Waals surface area contributed by atoms with Crippen LogP contribution in [-0.2, 0) is 14.4 Å². The van der Waals surface area contributed by atoms with Gasteiger partial charge in [-0.2, -0.15) is 0 Å². The molecule has 0 unspecified atom stereocenters. The van der Waals surface area contributed by atoms with Crippen LogP contribution in [0.15, 0.2) is 18.2 Å². The number of rotatable bonds is 6. The van der Waals surface area contributed by atoms with Crippen molar-refractivity contribution in [2.75, 3.05) is 24.6 Å². The first-order valence-corrected chi connectivity index (χ1v) is 9.61. The van der Waals surface area contributed by atoms with E-state index in [9.17, 15) is 19.2 Å². The zero-order valence-corrected chi connectivity index (χ0v) is 16.0. The van der Waals surface area contributed by atoms with Crippen molar-refractivity contribution < 1.29 is 23.9 Å². The van der Waals surface area contributed by atoms with Crippen molar-refractivity contribution in [1.29, 1.82) is 0 Å². The number of ether oxygens (including phenoxy) is 1.